The van der Waals surface area contributed by atoms with Crippen molar-refractivity contribution in [2.24, 2.45) is 0 Å². The third kappa shape index (κ3) is 2.64. The molecule has 19 heavy (non-hydrogen) atoms. The van der Waals surface area contributed by atoms with Gasteiger partial charge in [0.25, 0.3) is 0 Å². The van der Waals surface area contributed by atoms with Crippen molar-refractivity contribution >= 4 is 17.4 Å². The number of hydrogen-bond donors (Lipinski definition) is 1. The number of nitrogens with zero attached hydrogens (tertiary/aromatic N) is 1. The average Bonchev–Trinajstić information content (AvgIpc) is 2.89. The minimum Gasteiger partial charge on any atom is -0.335 e. The van der Waals surface area contributed by atoms with Crippen molar-refractivity contribution in [1.82, 2.24) is 10.2 Å². The third-order valence-electron chi connectivity index (χ3n) is 4.47. The Morgan fingerprint density at radius 1 is 1.37 bits per heavy atom. The van der Waals surface area contributed by atoms with Crippen LogP contribution in [0.25, 0.3) is 0 Å². The lowest BCUT2D eigenvalue weighted by molar-refractivity contribution is 0.168. The van der Waals surface area contributed by atoms with Gasteiger partial charge in [0.05, 0.1) is 6.04 Å². The molecule has 0 saturated heterocycles. The standard InChI is InChI=1S/C15H22N2OS/c1-11-13-8-10-19-14(13)7-9-17(11)15(18)16-12-5-3-2-4-6-12/h8,10-12H,2-7,9H2,1H3,(H,16,18). The van der Waals surface area contributed by atoms with Crippen LogP contribution in [-0.2, 0) is 6.42 Å². The maximum Gasteiger partial charge on any atom is 0.318 e. The molecule has 104 valence electrons. The molecule has 0 radical (unpaired) electrons. The summed E-state index contributed by atoms with van der Waals surface area (Å²) in [5, 5.41) is 5.37. The molecule has 1 atom stereocenters. The van der Waals surface area contributed by atoms with Crippen molar-refractivity contribution in [3.8, 4) is 0 Å². The molecule has 3 rings (SSSR count). The van der Waals surface area contributed by atoms with Crippen LogP contribution in [0.3, 0.4) is 0 Å². The first-order valence-corrected chi connectivity index (χ1v) is 8.27. The summed E-state index contributed by atoms with van der Waals surface area (Å²) in [7, 11) is 0. The van der Waals surface area contributed by atoms with Crippen LogP contribution in [0, 0.1) is 0 Å². The van der Waals surface area contributed by atoms with Crippen LogP contribution in [0.1, 0.15) is 55.5 Å². The first-order valence-electron chi connectivity index (χ1n) is 7.39. The van der Waals surface area contributed by atoms with Crippen LogP contribution in [0.5, 0.6) is 0 Å². The lowest BCUT2D eigenvalue weighted by Crippen LogP contribution is -2.48. The highest BCUT2D eigenvalue weighted by atomic mass is 32.1. The van der Waals surface area contributed by atoms with Gasteiger partial charge in [-0.05, 0) is 43.2 Å². The summed E-state index contributed by atoms with van der Waals surface area (Å²) in [6, 6.07) is 2.93. The molecule has 1 aliphatic heterocycles. The third-order valence-corrected chi connectivity index (χ3v) is 5.47. The van der Waals surface area contributed by atoms with Crippen LogP contribution >= 0.6 is 11.3 Å². The monoisotopic (exact) mass is 278 g/mol. The molecule has 2 amide bonds. The van der Waals surface area contributed by atoms with E-state index in [1.807, 2.05) is 16.2 Å². The molecule has 1 aromatic heterocycles. The second-order valence-electron chi connectivity index (χ2n) is 5.70. The number of hydrogen-bond acceptors (Lipinski definition) is 2. The summed E-state index contributed by atoms with van der Waals surface area (Å²) in [5.74, 6) is 0. The van der Waals surface area contributed by atoms with Crippen LogP contribution in [0.4, 0.5) is 4.79 Å². The molecular formula is C15H22N2OS. The maximum absolute atomic E-state index is 12.4. The number of urea groups is 1. The second-order valence-corrected chi connectivity index (χ2v) is 6.70. The minimum atomic E-state index is 0.135. The number of fused-ring (bicyclic) bond motifs is 1. The van der Waals surface area contributed by atoms with Crippen molar-refractivity contribution in [2.45, 2.75) is 57.5 Å². The van der Waals surface area contributed by atoms with Gasteiger partial charge in [-0.3, -0.25) is 0 Å². The number of rotatable bonds is 1. The molecule has 2 heterocycles. The molecule has 1 aromatic rings. The Balaban J connectivity index is 1.64. The summed E-state index contributed by atoms with van der Waals surface area (Å²) in [6.45, 7) is 3.00. The second kappa shape index (κ2) is 5.53. The minimum absolute atomic E-state index is 0.135. The Labute approximate surface area is 119 Å². The summed E-state index contributed by atoms with van der Waals surface area (Å²) in [5.41, 5.74) is 1.34. The van der Waals surface area contributed by atoms with E-state index < -0.39 is 0 Å². The molecule has 1 saturated carbocycles. The number of carbonyl (C=O) groups excluding carboxylic acids is 1. The molecule has 3 nitrogen and oxygen atoms in total. The van der Waals surface area contributed by atoms with Gasteiger partial charge in [-0.15, -0.1) is 11.3 Å². The molecule has 1 unspecified atom stereocenters. The largest absolute Gasteiger partial charge is 0.335 e. The van der Waals surface area contributed by atoms with Gasteiger partial charge in [0.15, 0.2) is 0 Å². The van der Waals surface area contributed by atoms with E-state index in [0.717, 1.165) is 25.8 Å². The predicted octanol–water partition coefficient (Wildman–Crippen LogP) is 3.71. The van der Waals surface area contributed by atoms with Crippen molar-refractivity contribution in [1.29, 1.82) is 0 Å². The average molecular weight is 278 g/mol. The number of amides is 2. The van der Waals surface area contributed by atoms with Gasteiger partial charge >= 0.3 is 6.03 Å². The highest BCUT2D eigenvalue weighted by molar-refractivity contribution is 7.10. The molecule has 0 spiro atoms. The molecule has 0 bridgehead atoms. The Morgan fingerprint density at radius 3 is 2.95 bits per heavy atom. The van der Waals surface area contributed by atoms with Gasteiger partial charge in [-0.25, -0.2) is 4.79 Å². The molecule has 0 aromatic carbocycles. The summed E-state index contributed by atoms with van der Waals surface area (Å²) < 4.78 is 0. The molecular weight excluding hydrogens is 256 g/mol. The van der Waals surface area contributed by atoms with Crippen molar-refractivity contribution < 1.29 is 4.79 Å². The summed E-state index contributed by atoms with van der Waals surface area (Å²) in [4.78, 5) is 15.9. The van der Waals surface area contributed by atoms with Gasteiger partial charge < -0.3 is 10.2 Å². The maximum atomic E-state index is 12.4. The van der Waals surface area contributed by atoms with Crippen molar-refractivity contribution in [3.63, 3.8) is 0 Å². The van der Waals surface area contributed by atoms with Crippen LogP contribution in [0.15, 0.2) is 11.4 Å². The van der Waals surface area contributed by atoms with E-state index in [0.29, 0.717) is 6.04 Å². The smallest absolute Gasteiger partial charge is 0.318 e. The Hall–Kier alpha value is -1.03. The van der Waals surface area contributed by atoms with Gasteiger partial charge in [-0.1, -0.05) is 19.3 Å². The zero-order chi connectivity index (χ0) is 13.2. The van der Waals surface area contributed by atoms with E-state index >= 15 is 0 Å². The van der Waals surface area contributed by atoms with Gasteiger partial charge in [0.1, 0.15) is 0 Å². The lowest BCUT2D eigenvalue weighted by atomic mass is 9.95. The van der Waals surface area contributed by atoms with Crippen LogP contribution < -0.4 is 5.32 Å². The van der Waals surface area contributed by atoms with E-state index in [9.17, 15) is 4.79 Å². The first-order chi connectivity index (χ1) is 9.25. The van der Waals surface area contributed by atoms with Crippen LogP contribution in [0.2, 0.25) is 0 Å². The normalized spacial score (nSPS) is 24.1. The van der Waals surface area contributed by atoms with E-state index in [2.05, 4.69) is 23.7 Å². The fourth-order valence-corrected chi connectivity index (χ4v) is 4.25. The Kier molecular flexibility index (Phi) is 3.78. The van der Waals surface area contributed by atoms with E-state index in [1.165, 1.54) is 29.7 Å². The summed E-state index contributed by atoms with van der Waals surface area (Å²) in [6.07, 6.45) is 7.15. The fraction of sp³-hybridized carbons (Fsp3) is 0.667. The highest BCUT2D eigenvalue weighted by Gasteiger charge is 2.29. The van der Waals surface area contributed by atoms with Crippen molar-refractivity contribution in [3.05, 3.63) is 21.9 Å². The van der Waals surface area contributed by atoms with E-state index in [1.54, 1.807) is 0 Å². The zero-order valence-electron chi connectivity index (χ0n) is 11.5. The molecule has 2 aliphatic rings. The number of nitrogens with one attached hydrogen (secondary N) is 1. The predicted molar refractivity (Wildman–Crippen MR) is 78.5 cm³/mol. The Bertz CT molecular complexity index is 451. The van der Waals surface area contributed by atoms with E-state index in [4.69, 9.17) is 0 Å². The van der Waals surface area contributed by atoms with Gasteiger partial charge in [0.2, 0.25) is 0 Å². The fourth-order valence-electron chi connectivity index (χ4n) is 3.29. The SMILES string of the molecule is CC1c2ccsc2CCN1C(=O)NC1CCCCC1. The van der Waals surface area contributed by atoms with Gasteiger partial charge in [0, 0.05) is 17.5 Å². The molecule has 1 aliphatic carbocycles. The first kappa shape index (κ1) is 13.0. The lowest BCUT2D eigenvalue weighted by Gasteiger charge is -2.35. The molecule has 4 heteroatoms. The number of carbonyl (C=O) groups is 1. The zero-order valence-corrected chi connectivity index (χ0v) is 12.3. The topological polar surface area (TPSA) is 32.3 Å². The highest BCUT2D eigenvalue weighted by Crippen LogP contribution is 2.32. The summed E-state index contributed by atoms with van der Waals surface area (Å²) >= 11 is 1.82. The van der Waals surface area contributed by atoms with Crippen molar-refractivity contribution in [2.75, 3.05) is 6.54 Å². The van der Waals surface area contributed by atoms with Crippen LogP contribution in [-0.4, -0.2) is 23.5 Å². The quantitative estimate of drug-likeness (QED) is 0.834. The van der Waals surface area contributed by atoms with E-state index in [-0.39, 0.29) is 12.1 Å². The molecule has 1 N–H and O–H groups in total. The van der Waals surface area contributed by atoms with Gasteiger partial charge in [-0.2, -0.15) is 0 Å². The number of thiophene rings is 1. The molecule has 1 fully saturated rings. The Morgan fingerprint density at radius 2 is 2.16 bits per heavy atom.